The fourth-order valence-corrected chi connectivity index (χ4v) is 3.66. The predicted molar refractivity (Wildman–Crippen MR) is 113 cm³/mol. The molecule has 2 amide bonds. The lowest BCUT2D eigenvalue weighted by atomic mass is 10.0. The van der Waals surface area contributed by atoms with Gasteiger partial charge < -0.3 is 15.2 Å². The number of hydrogen-bond acceptors (Lipinski definition) is 4. The molecule has 0 aliphatic carbocycles. The molecule has 1 aromatic heterocycles. The van der Waals surface area contributed by atoms with Crippen LogP contribution in [0.5, 0.6) is 0 Å². The predicted octanol–water partition coefficient (Wildman–Crippen LogP) is 2.83. The standard InChI is InChI=1S/C20H19F3N4O4S/c1-11(16-10-25-19(28)15-9-18(23)17(22)8-14(15)16)27(6-7-32(24,30)31)20(29)26-13-4-2-12(21)3-5-13/h2-5,8-11H,6-7H2,1H3,(H,25,28)(H,26,29)(H2,24,30,31). The summed E-state index contributed by atoms with van der Waals surface area (Å²) < 4.78 is 63.7. The highest BCUT2D eigenvalue weighted by molar-refractivity contribution is 7.89. The SMILES string of the molecule is CC(c1c[nH]c(=O)c2cc(F)c(F)cc12)N(CCS(N)(=O)=O)C(=O)Nc1ccc(F)cc1. The average Bonchev–Trinajstić information content (AvgIpc) is 2.70. The maximum absolute atomic E-state index is 13.9. The van der Waals surface area contributed by atoms with E-state index < -0.39 is 50.9 Å². The second-order valence-corrected chi connectivity index (χ2v) is 8.79. The van der Waals surface area contributed by atoms with E-state index in [9.17, 15) is 31.2 Å². The molecule has 0 saturated carbocycles. The second kappa shape index (κ2) is 9.01. The highest BCUT2D eigenvalue weighted by Crippen LogP contribution is 2.28. The molecule has 0 fully saturated rings. The van der Waals surface area contributed by atoms with E-state index in [0.29, 0.717) is 0 Å². The van der Waals surface area contributed by atoms with Crippen LogP contribution in [0.3, 0.4) is 0 Å². The number of anilines is 1. The molecule has 0 radical (unpaired) electrons. The first kappa shape index (κ1) is 23.3. The number of fused-ring (bicyclic) bond motifs is 1. The van der Waals surface area contributed by atoms with Gasteiger partial charge in [0.25, 0.3) is 5.56 Å². The number of rotatable bonds is 6. The average molecular weight is 468 g/mol. The maximum atomic E-state index is 13.9. The van der Waals surface area contributed by atoms with Crippen molar-refractivity contribution in [3.8, 4) is 0 Å². The number of primary sulfonamides is 1. The Morgan fingerprint density at radius 1 is 1.12 bits per heavy atom. The van der Waals surface area contributed by atoms with Crippen molar-refractivity contribution in [3.63, 3.8) is 0 Å². The normalized spacial score (nSPS) is 12.5. The number of aromatic nitrogens is 1. The zero-order valence-electron chi connectivity index (χ0n) is 16.7. The summed E-state index contributed by atoms with van der Waals surface area (Å²) in [5.74, 6) is -3.51. The van der Waals surface area contributed by atoms with Crippen molar-refractivity contribution >= 4 is 32.5 Å². The van der Waals surface area contributed by atoms with Crippen LogP contribution in [0.4, 0.5) is 23.7 Å². The molecule has 4 N–H and O–H groups in total. The topological polar surface area (TPSA) is 125 Å². The Morgan fingerprint density at radius 2 is 1.72 bits per heavy atom. The molecule has 1 heterocycles. The van der Waals surface area contributed by atoms with E-state index in [0.717, 1.165) is 29.2 Å². The van der Waals surface area contributed by atoms with E-state index in [4.69, 9.17) is 5.14 Å². The van der Waals surface area contributed by atoms with Crippen LogP contribution in [0.25, 0.3) is 10.8 Å². The molecule has 170 valence electrons. The fourth-order valence-electron chi connectivity index (χ4n) is 3.21. The quantitative estimate of drug-likeness (QED) is 0.514. The summed E-state index contributed by atoms with van der Waals surface area (Å²) in [4.78, 5) is 28.5. The van der Waals surface area contributed by atoms with Crippen molar-refractivity contribution < 1.29 is 26.4 Å². The molecule has 1 atom stereocenters. The number of nitrogens with one attached hydrogen (secondary N) is 2. The van der Waals surface area contributed by atoms with Gasteiger partial charge in [-0.15, -0.1) is 0 Å². The Bertz CT molecular complexity index is 1330. The first-order valence-electron chi connectivity index (χ1n) is 9.30. The molecule has 8 nitrogen and oxygen atoms in total. The van der Waals surface area contributed by atoms with Gasteiger partial charge in [0.05, 0.1) is 17.2 Å². The summed E-state index contributed by atoms with van der Waals surface area (Å²) in [6, 6.07) is 4.79. The molecular formula is C20H19F3N4O4S. The molecule has 3 rings (SSSR count). The van der Waals surface area contributed by atoms with Gasteiger partial charge in [0.1, 0.15) is 5.82 Å². The molecule has 1 unspecified atom stereocenters. The van der Waals surface area contributed by atoms with Crippen molar-refractivity contribution in [1.29, 1.82) is 0 Å². The Balaban J connectivity index is 2.03. The van der Waals surface area contributed by atoms with Gasteiger partial charge in [0, 0.05) is 18.4 Å². The van der Waals surface area contributed by atoms with Crippen molar-refractivity contribution in [2.75, 3.05) is 17.6 Å². The van der Waals surface area contributed by atoms with Gasteiger partial charge in [0.15, 0.2) is 11.6 Å². The number of aromatic amines is 1. The third-order valence-electron chi connectivity index (χ3n) is 4.87. The molecule has 0 bridgehead atoms. The first-order chi connectivity index (χ1) is 15.0. The van der Waals surface area contributed by atoms with Gasteiger partial charge in [-0.3, -0.25) is 4.79 Å². The first-order valence-corrected chi connectivity index (χ1v) is 11.0. The molecule has 12 heteroatoms. The van der Waals surface area contributed by atoms with Crippen LogP contribution >= 0.6 is 0 Å². The summed E-state index contributed by atoms with van der Waals surface area (Å²) in [5.41, 5.74) is -0.187. The number of hydrogen-bond donors (Lipinski definition) is 3. The zero-order valence-corrected chi connectivity index (χ0v) is 17.5. The molecule has 32 heavy (non-hydrogen) atoms. The monoisotopic (exact) mass is 468 g/mol. The summed E-state index contributed by atoms with van der Waals surface area (Å²) >= 11 is 0. The smallest absolute Gasteiger partial charge is 0.322 e. The van der Waals surface area contributed by atoms with Crippen LogP contribution in [-0.4, -0.2) is 36.6 Å². The summed E-state index contributed by atoms with van der Waals surface area (Å²) in [5, 5.41) is 7.50. The number of nitrogens with zero attached hydrogens (tertiary/aromatic N) is 1. The van der Waals surface area contributed by atoms with Crippen molar-refractivity contribution in [2.45, 2.75) is 13.0 Å². The Labute approximate surface area is 180 Å². The number of H-pyrrole nitrogens is 1. The number of carbonyl (C=O) groups excluding carboxylic acids is 1. The molecule has 3 aromatic rings. The van der Waals surface area contributed by atoms with Crippen molar-refractivity contribution in [2.24, 2.45) is 5.14 Å². The number of urea groups is 1. The van der Waals surface area contributed by atoms with Crippen LogP contribution < -0.4 is 16.0 Å². The number of halogens is 3. The van der Waals surface area contributed by atoms with E-state index in [-0.39, 0.29) is 28.6 Å². The van der Waals surface area contributed by atoms with E-state index >= 15 is 0 Å². The summed E-state index contributed by atoms with van der Waals surface area (Å²) in [6.45, 7) is 1.17. The number of nitrogens with two attached hydrogens (primary N) is 1. The lowest BCUT2D eigenvalue weighted by molar-refractivity contribution is 0.197. The van der Waals surface area contributed by atoms with Crippen LogP contribution in [0.15, 0.2) is 47.4 Å². The van der Waals surface area contributed by atoms with Crippen LogP contribution in [-0.2, 0) is 10.0 Å². The van der Waals surface area contributed by atoms with E-state index in [2.05, 4.69) is 10.3 Å². The van der Waals surface area contributed by atoms with Gasteiger partial charge in [-0.05, 0) is 54.3 Å². The molecule has 0 aliphatic rings. The van der Waals surface area contributed by atoms with E-state index in [1.54, 1.807) is 0 Å². The van der Waals surface area contributed by atoms with Crippen LogP contribution in [0, 0.1) is 17.5 Å². The van der Waals surface area contributed by atoms with Crippen molar-refractivity contribution in [3.05, 3.63) is 76.0 Å². The van der Waals surface area contributed by atoms with E-state index in [1.165, 1.54) is 25.3 Å². The highest BCUT2D eigenvalue weighted by Gasteiger charge is 2.25. The van der Waals surface area contributed by atoms with Gasteiger partial charge in [-0.2, -0.15) is 0 Å². The lowest BCUT2D eigenvalue weighted by Crippen LogP contribution is -2.41. The van der Waals surface area contributed by atoms with E-state index in [1.807, 2.05) is 0 Å². The fraction of sp³-hybridized carbons (Fsp3) is 0.200. The number of amides is 2. The Kier molecular flexibility index (Phi) is 6.55. The van der Waals surface area contributed by atoms with Gasteiger partial charge in [-0.25, -0.2) is 31.5 Å². The Hall–Kier alpha value is -3.38. The minimum absolute atomic E-state index is 0.0512. The minimum Gasteiger partial charge on any atom is -0.328 e. The third-order valence-corrected chi connectivity index (χ3v) is 5.62. The van der Waals surface area contributed by atoms with Gasteiger partial charge >= 0.3 is 6.03 Å². The number of benzene rings is 2. The number of carbonyl (C=O) groups is 1. The van der Waals surface area contributed by atoms with Gasteiger partial charge in [-0.1, -0.05) is 0 Å². The number of sulfonamides is 1. The summed E-state index contributed by atoms with van der Waals surface area (Å²) in [7, 11) is -3.95. The molecule has 2 aromatic carbocycles. The Morgan fingerprint density at radius 3 is 2.31 bits per heavy atom. The van der Waals surface area contributed by atoms with Crippen LogP contribution in [0.1, 0.15) is 18.5 Å². The molecular weight excluding hydrogens is 449 g/mol. The highest BCUT2D eigenvalue weighted by atomic mass is 32.2. The zero-order chi connectivity index (χ0) is 23.6. The molecule has 0 saturated heterocycles. The minimum atomic E-state index is -3.95. The number of pyridine rings is 1. The lowest BCUT2D eigenvalue weighted by Gasteiger charge is -2.30. The molecule has 0 spiro atoms. The third kappa shape index (κ3) is 5.26. The maximum Gasteiger partial charge on any atom is 0.322 e. The van der Waals surface area contributed by atoms with Crippen molar-refractivity contribution in [1.82, 2.24) is 9.88 Å². The second-order valence-electron chi connectivity index (χ2n) is 7.06. The summed E-state index contributed by atoms with van der Waals surface area (Å²) in [6.07, 6.45) is 1.24. The molecule has 0 aliphatic heterocycles. The van der Waals surface area contributed by atoms with Crippen LogP contribution in [0.2, 0.25) is 0 Å². The largest absolute Gasteiger partial charge is 0.328 e. The van der Waals surface area contributed by atoms with Gasteiger partial charge in [0.2, 0.25) is 10.0 Å².